The molecular formula is C33H35Br2N7O4. The number of amides is 3. The maximum Gasteiger partial charge on any atom is 0.326 e. The lowest BCUT2D eigenvalue weighted by atomic mass is 10.0. The van der Waals surface area contributed by atoms with Crippen LogP contribution in [0, 0.1) is 0 Å². The molecule has 4 heterocycles. The minimum absolute atomic E-state index is 0.0360. The number of pyridine rings is 1. The second-order valence-corrected chi connectivity index (χ2v) is 13.3. The highest BCUT2D eigenvalue weighted by molar-refractivity contribution is 9.11. The Bertz CT molecular complexity index is 1710. The summed E-state index contributed by atoms with van der Waals surface area (Å²) in [5, 5.41) is 13.2. The summed E-state index contributed by atoms with van der Waals surface area (Å²) in [6, 6.07) is 16.0. The monoisotopic (exact) mass is 751 g/mol. The van der Waals surface area contributed by atoms with Gasteiger partial charge in [-0.25, -0.2) is 9.59 Å². The summed E-state index contributed by atoms with van der Waals surface area (Å²) in [6.07, 6.45) is 6.86. The number of phenols is 1. The van der Waals surface area contributed by atoms with Gasteiger partial charge in [0.05, 0.1) is 14.6 Å². The molecule has 0 radical (unpaired) electrons. The van der Waals surface area contributed by atoms with Gasteiger partial charge in [-0.15, -0.1) is 0 Å². The number of anilines is 1. The first-order chi connectivity index (χ1) is 22.3. The molecule has 6 rings (SSSR count). The second-order valence-electron chi connectivity index (χ2n) is 11.6. The van der Waals surface area contributed by atoms with Crippen molar-refractivity contribution in [3.8, 4) is 17.0 Å². The number of H-pyrrole nitrogens is 1. The molecule has 0 bridgehead atoms. The van der Waals surface area contributed by atoms with Crippen LogP contribution in [0.15, 0.2) is 86.9 Å². The number of nitrogens with one attached hydrogen (secondary N) is 2. The van der Waals surface area contributed by atoms with Gasteiger partial charge in [0.1, 0.15) is 11.8 Å². The van der Waals surface area contributed by atoms with Gasteiger partial charge in [0.2, 0.25) is 5.91 Å². The summed E-state index contributed by atoms with van der Waals surface area (Å²) in [7, 11) is 0. The van der Waals surface area contributed by atoms with E-state index in [4.69, 9.17) is 0 Å². The van der Waals surface area contributed by atoms with Crippen molar-refractivity contribution in [3.05, 3.63) is 98.2 Å². The van der Waals surface area contributed by atoms with Crippen LogP contribution in [0.25, 0.3) is 11.3 Å². The number of nitrogens with zero attached hydrogens (tertiary/aromatic N) is 5. The summed E-state index contributed by atoms with van der Waals surface area (Å²) in [4.78, 5) is 53.1. The van der Waals surface area contributed by atoms with Crippen molar-refractivity contribution in [2.24, 2.45) is 0 Å². The lowest BCUT2D eigenvalue weighted by Crippen LogP contribution is -2.57. The van der Waals surface area contributed by atoms with E-state index in [0.717, 1.165) is 22.5 Å². The van der Waals surface area contributed by atoms with Gasteiger partial charge in [-0.1, -0.05) is 30.3 Å². The zero-order valence-corrected chi connectivity index (χ0v) is 28.3. The molecule has 11 nitrogen and oxygen atoms in total. The number of likely N-dealkylation sites (tertiary alicyclic amines) is 1. The zero-order chi connectivity index (χ0) is 32.2. The van der Waals surface area contributed by atoms with Gasteiger partial charge in [0.25, 0.3) is 0 Å². The molecule has 13 heteroatoms. The molecule has 0 aliphatic carbocycles. The topological polar surface area (TPSA) is 127 Å². The van der Waals surface area contributed by atoms with Crippen LogP contribution in [0.4, 0.5) is 10.5 Å². The van der Waals surface area contributed by atoms with Crippen molar-refractivity contribution in [3.63, 3.8) is 0 Å². The second kappa shape index (κ2) is 14.1. The number of aromatic amines is 1. The van der Waals surface area contributed by atoms with Crippen LogP contribution in [-0.4, -0.2) is 86.7 Å². The maximum absolute atomic E-state index is 13.9. The summed E-state index contributed by atoms with van der Waals surface area (Å²) in [6.45, 7) is 3.30. The third-order valence-electron chi connectivity index (χ3n) is 8.71. The van der Waals surface area contributed by atoms with Crippen LogP contribution in [0.1, 0.15) is 24.4 Å². The molecule has 2 aromatic heterocycles. The number of halogens is 2. The number of imidazole rings is 1. The minimum Gasteiger partial charge on any atom is -0.506 e. The van der Waals surface area contributed by atoms with Crippen molar-refractivity contribution in [2.75, 3.05) is 44.2 Å². The Kier molecular flexibility index (Phi) is 9.78. The van der Waals surface area contributed by atoms with E-state index >= 15 is 0 Å². The fraction of sp³-hybridized carbons (Fsp3) is 0.333. The molecule has 3 amide bonds. The Morgan fingerprint density at radius 1 is 0.935 bits per heavy atom. The smallest absolute Gasteiger partial charge is 0.326 e. The molecule has 0 spiro atoms. The number of rotatable bonds is 7. The standard InChI is InChI=1S/C33H35Br2N7O4/c34-26-18-22(19-27(35)30(26)43)20-28(31(44)40-16-14-39(15-17-40)24-6-10-36-11-7-24)37-32(45)41-12-8-25(9-13-41)42-21-29(38-33(42)46)23-4-2-1-3-5-23/h1-7,10-11,18-19,21,25,28,43H,8-9,12-17,20H2,(H,37,45)(H,38,46)/t28-/m0/s1. The molecule has 3 N–H and O–H groups in total. The lowest BCUT2D eigenvalue weighted by molar-refractivity contribution is -0.133. The SMILES string of the molecule is O=C(N[C@@H](Cc1cc(Br)c(O)c(Br)c1)C(=O)N1CCN(c2ccncc2)CC1)N1CCC(n2cc(-c3ccccc3)[nH]c2=O)CC1. The molecule has 240 valence electrons. The van der Waals surface area contributed by atoms with E-state index in [0.29, 0.717) is 61.1 Å². The van der Waals surface area contributed by atoms with Gasteiger partial charge in [-0.3, -0.25) is 14.3 Å². The molecule has 46 heavy (non-hydrogen) atoms. The molecule has 1 atom stereocenters. The fourth-order valence-corrected chi connectivity index (χ4v) is 7.45. The molecule has 0 saturated carbocycles. The Labute approximate surface area is 283 Å². The average molecular weight is 753 g/mol. The Morgan fingerprint density at radius 3 is 2.24 bits per heavy atom. The summed E-state index contributed by atoms with van der Waals surface area (Å²) >= 11 is 6.76. The van der Waals surface area contributed by atoms with E-state index in [2.05, 4.69) is 52.0 Å². The highest BCUT2D eigenvalue weighted by Gasteiger charge is 2.32. The van der Waals surface area contributed by atoms with Crippen molar-refractivity contribution in [1.82, 2.24) is 29.7 Å². The van der Waals surface area contributed by atoms with E-state index in [1.165, 1.54) is 0 Å². The van der Waals surface area contributed by atoms with Crippen molar-refractivity contribution >= 4 is 49.5 Å². The Balaban J connectivity index is 1.12. The fourth-order valence-electron chi connectivity index (χ4n) is 6.16. The van der Waals surface area contributed by atoms with E-state index in [1.807, 2.05) is 53.6 Å². The highest BCUT2D eigenvalue weighted by atomic mass is 79.9. The predicted octanol–water partition coefficient (Wildman–Crippen LogP) is 4.78. The number of hydrogen-bond acceptors (Lipinski definition) is 6. The molecule has 2 aliphatic heterocycles. The molecule has 2 aliphatic rings. The number of phenolic OH excluding ortho intramolecular Hbond substituents is 1. The first-order valence-corrected chi connectivity index (χ1v) is 16.9. The van der Waals surface area contributed by atoms with Crippen molar-refractivity contribution in [1.29, 1.82) is 0 Å². The first kappa shape index (κ1) is 31.9. The van der Waals surface area contributed by atoms with Crippen LogP contribution in [0.5, 0.6) is 5.75 Å². The number of aromatic hydroxyl groups is 1. The number of carbonyl (C=O) groups excluding carboxylic acids is 2. The largest absolute Gasteiger partial charge is 0.506 e. The average Bonchev–Trinajstić information content (AvgIpc) is 3.48. The summed E-state index contributed by atoms with van der Waals surface area (Å²) < 4.78 is 2.73. The quantitative estimate of drug-likeness (QED) is 0.250. The summed E-state index contributed by atoms with van der Waals surface area (Å²) in [5.41, 5.74) is 3.39. The highest BCUT2D eigenvalue weighted by Crippen LogP contribution is 2.34. The Hall–Kier alpha value is -4.10. The maximum atomic E-state index is 13.9. The number of carbonyl (C=O) groups is 2. The minimum atomic E-state index is -0.804. The number of benzene rings is 2. The molecular weight excluding hydrogens is 718 g/mol. The van der Waals surface area contributed by atoms with E-state index in [9.17, 15) is 19.5 Å². The van der Waals surface area contributed by atoms with Gasteiger partial charge in [0.15, 0.2) is 0 Å². The Morgan fingerprint density at radius 2 is 1.59 bits per heavy atom. The van der Waals surface area contributed by atoms with Crippen LogP contribution in [0.3, 0.4) is 0 Å². The van der Waals surface area contributed by atoms with Crippen LogP contribution in [0.2, 0.25) is 0 Å². The number of urea groups is 1. The molecule has 2 saturated heterocycles. The lowest BCUT2D eigenvalue weighted by Gasteiger charge is -2.38. The number of piperidine rings is 1. The third kappa shape index (κ3) is 7.15. The summed E-state index contributed by atoms with van der Waals surface area (Å²) in [5.74, 6) is -0.0755. The molecule has 0 unspecified atom stereocenters. The van der Waals surface area contributed by atoms with Crippen molar-refractivity contribution < 1.29 is 14.7 Å². The van der Waals surface area contributed by atoms with Gasteiger partial charge in [-0.05, 0) is 80.1 Å². The normalized spacial score (nSPS) is 16.3. The number of hydrogen-bond donors (Lipinski definition) is 3. The predicted molar refractivity (Wildman–Crippen MR) is 183 cm³/mol. The van der Waals surface area contributed by atoms with E-state index in [1.54, 1.807) is 34.0 Å². The third-order valence-corrected chi connectivity index (χ3v) is 9.91. The first-order valence-electron chi connectivity index (χ1n) is 15.3. The number of aromatic nitrogens is 3. The zero-order valence-electron chi connectivity index (χ0n) is 25.1. The van der Waals surface area contributed by atoms with Crippen LogP contribution in [-0.2, 0) is 11.2 Å². The van der Waals surface area contributed by atoms with E-state index < -0.39 is 6.04 Å². The van der Waals surface area contributed by atoms with Gasteiger partial charge >= 0.3 is 11.7 Å². The van der Waals surface area contributed by atoms with Gasteiger partial charge in [0, 0.05) is 76.0 Å². The molecule has 4 aromatic rings. The molecule has 2 fully saturated rings. The molecule has 2 aromatic carbocycles. The van der Waals surface area contributed by atoms with Gasteiger partial charge in [-0.2, -0.15) is 0 Å². The van der Waals surface area contributed by atoms with Crippen molar-refractivity contribution in [2.45, 2.75) is 31.3 Å². The van der Waals surface area contributed by atoms with Crippen LogP contribution < -0.4 is 15.9 Å². The van der Waals surface area contributed by atoms with E-state index in [-0.39, 0.29) is 35.8 Å². The van der Waals surface area contributed by atoms with Crippen LogP contribution >= 0.6 is 31.9 Å². The van der Waals surface area contributed by atoms with Gasteiger partial charge < -0.3 is 30.1 Å². The number of piperazine rings is 1.